The standard InChI is InChI=1S/3CH3.Ag.HI/h3*1H3;;1H/q3*-1;;. The molecule has 5 heavy (non-hydrogen) atoms. The Morgan fingerprint density at radius 1 is 0.600 bits per heavy atom. The van der Waals surface area contributed by atoms with Gasteiger partial charge in [-0.05, 0) is 0 Å². The smallest absolute Gasteiger partial charge is 0 e. The first kappa shape index (κ1) is 89.6. The van der Waals surface area contributed by atoms with E-state index in [1.807, 2.05) is 0 Å². The average molecular weight is 281 g/mol. The van der Waals surface area contributed by atoms with Gasteiger partial charge in [-0.25, -0.2) is 0 Å². The summed E-state index contributed by atoms with van der Waals surface area (Å²) in [4.78, 5) is 0. The van der Waals surface area contributed by atoms with Crippen molar-refractivity contribution in [1.82, 2.24) is 0 Å². The molecule has 0 spiro atoms. The van der Waals surface area contributed by atoms with E-state index >= 15 is 0 Å². The van der Waals surface area contributed by atoms with Gasteiger partial charge in [0, 0.05) is 22.4 Å². The molecule has 0 atom stereocenters. The van der Waals surface area contributed by atoms with Crippen LogP contribution in [-0.4, -0.2) is 0 Å². The summed E-state index contributed by atoms with van der Waals surface area (Å²) in [5, 5.41) is 0. The molecule has 0 N–H and O–H groups in total. The second-order valence-electron chi connectivity index (χ2n) is 0. The molecule has 0 fully saturated rings. The molecule has 0 saturated heterocycles. The van der Waals surface area contributed by atoms with Gasteiger partial charge in [0.1, 0.15) is 0 Å². The van der Waals surface area contributed by atoms with Crippen molar-refractivity contribution in [2.24, 2.45) is 0 Å². The second-order valence-corrected chi connectivity index (χ2v) is 0. The molecule has 0 unspecified atom stereocenters. The fourth-order valence-corrected chi connectivity index (χ4v) is 0. The number of halogens is 1. The first-order valence-electron chi connectivity index (χ1n) is 0. The Kier molecular flexibility index (Phi) is 906. The van der Waals surface area contributed by atoms with E-state index in [4.69, 9.17) is 0 Å². The Balaban J connectivity index is 0. The molecule has 0 amide bonds. The van der Waals surface area contributed by atoms with Gasteiger partial charge in [0.15, 0.2) is 0 Å². The zero-order valence-corrected chi connectivity index (χ0v) is 7.52. The summed E-state index contributed by atoms with van der Waals surface area (Å²) in [5.41, 5.74) is 0. The van der Waals surface area contributed by atoms with Gasteiger partial charge in [0.25, 0.3) is 0 Å². The van der Waals surface area contributed by atoms with Gasteiger partial charge in [-0.3, -0.25) is 0 Å². The van der Waals surface area contributed by atoms with Crippen molar-refractivity contribution in [3.8, 4) is 0 Å². The molecule has 0 rings (SSSR count). The van der Waals surface area contributed by atoms with Gasteiger partial charge in [-0.1, -0.05) is 0 Å². The van der Waals surface area contributed by atoms with Crippen LogP contribution in [0.15, 0.2) is 0 Å². The van der Waals surface area contributed by atoms with Gasteiger partial charge in [0.05, 0.1) is 0 Å². The van der Waals surface area contributed by atoms with Crippen LogP contribution >= 0.6 is 24.0 Å². The molecule has 0 saturated carbocycles. The minimum atomic E-state index is 0. The van der Waals surface area contributed by atoms with Crippen molar-refractivity contribution in [2.75, 3.05) is 0 Å². The molecule has 0 aliphatic heterocycles. The zero-order chi connectivity index (χ0) is 0. The van der Waals surface area contributed by atoms with Gasteiger partial charge in [-0.2, -0.15) is 0 Å². The van der Waals surface area contributed by atoms with E-state index < -0.39 is 0 Å². The molecule has 0 nitrogen and oxygen atoms in total. The maximum atomic E-state index is 0. The third kappa shape index (κ3) is 30.5. The quantitative estimate of drug-likeness (QED) is 0.362. The van der Waals surface area contributed by atoms with Crippen LogP contribution < -0.4 is 0 Å². The Bertz CT molecular complexity index is 6.85. The third-order valence-corrected chi connectivity index (χ3v) is 0. The summed E-state index contributed by atoms with van der Waals surface area (Å²) in [7, 11) is 0. The van der Waals surface area contributed by atoms with Crippen LogP contribution in [0.2, 0.25) is 0 Å². The molecule has 0 aromatic carbocycles. The van der Waals surface area contributed by atoms with Crippen LogP contribution in [0.5, 0.6) is 0 Å². The van der Waals surface area contributed by atoms with Gasteiger partial charge in [0.2, 0.25) is 0 Å². The SMILES string of the molecule is I.[Ag].[CH3-].[CH3-].[CH3-]. The fraction of sp³-hybridized carbons (Fsp3) is 0. The summed E-state index contributed by atoms with van der Waals surface area (Å²) in [6.45, 7) is 0. The van der Waals surface area contributed by atoms with Crippen molar-refractivity contribution >= 4 is 24.0 Å². The first-order chi connectivity index (χ1) is 0. The zero-order valence-electron chi connectivity index (χ0n) is 3.71. The molecule has 1 radical (unpaired) electrons. The van der Waals surface area contributed by atoms with E-state index in [-0.39, 0.29) is 68.6 Å². The largest absolute Gasteiger partial charge is 0.358 e. The van der Waals surface area contributed by atoms with Crippen LogP contribution in [0, 0.1) is 22.3 Å². The Labute approximate surface area is 68.3 Å². The Morgan fingerprint density at radius 2 is 0.600 bits per heavy atom. The maximum Gasteiger partial charge on any atom is 0 e. The van der Waals surface area contributed by atoms with E-state index in [0.717, 1.165) is 0 Å². The predicted molar refractivity (Wildman–Crippen MR) is 34.7 cm³/mol. The summed E-state index contributed by atoms with van der Waals surface area (Å²) in [5.74, 6) is 0. The molecule has 2 heteroatoms. The van der Waals surface area contributed by atoms with Gasteiger partial charge in [-0.15, -0.1) is 24.0 Å². The van der Waals surface area contributed by atoms with Crippen molar-refractivity contribution < 1.29 is 22.4 Å². The third-order valence-electron chi connectivity index (χ3n) is 0. The van der Waals surface area contributed by atoms with Gasteiger partial charge < -0.3 is 22.3 Å². The molecule has 43 valence electrons. The maximum absolute atomic E-state index is 0. The van der Waals surface area contributed by atoms with Crippen LogP contribution in [0.3, 0.4) is 0 Å². The fourth-order valence-electron chi connectivity index (χ4n) is 0. The van der Waals surface area contributed by atoms with Crippen LogP contribution in [0.25, 0.3) is 0 Å². The minimum Gasteiger partial charge on any atom is -0.358 e. The van der Waals surface area contributed by atoms with E-state index in [1.165, 1.54) is 0 Å². The number of rotatable bonds is 0. The molecule has 0 bridgehead atoms. The van der Waals surface area contributed by atoms with Crippen LogP contribution in [-0.2, 0) is 22.4 Å². The van der Waals surface area contributed by atoms with E-state index in [2.05, 4.69) is 0 Å². The predicted octanol–water partition coefficient (Wildman–Crippen LogP) is 1.97. The van der Waals surface area contributed by atoms with E-state index in [0.29, 0.717) is 0 Å². The van der Waals surface area contributed by atoms with Crippen LogP contribution in [0.4, 0.5) is 0 Å². The van der Waals surface area contributed by atoms with E-state index in [9.17, 15) is 0 Å². The second kappa shape index (κ2) is 50.6. The Hall–Kier alpha value is 1.47. The Morgan fingerprint density at radius 3 is 0.600 bits per heavy atom. The van der Waals surface area contributed by atoms with E-state index in [1.54, 1.807) is 0 Å². The van der Waals surface area contributed by atoms with Crippen LogP contribution in [0.1, 0.15) is 0 Å². The molecule has 0 aromatic rings. The summed E-state index contributed by atoms with van der Waals surface area (Å²) >= 11 is 0. The molecular formula is C3H10AgI-3. The van der Waals surface area contributed by atoms with Crippen molar-refractivity contribution in [2.45, 2.75) is 0 Å². The molecular weight excluding hydrogens is 271 g/mol. The average Bonchev–Trinajstić information content (AvgIpc) is 0. The van der Waals surface area contributed by atoms with Crippen molar-refractivity contribution in [3.05, 3.63) is 22.3 Å². The summed E-state index contributed by atoms with van der Waals surface area (Å²) in [6.07, 6.45) is 0. The van der Waals surface area contributed by atoms with Gasteiger partial charge >= 0.3 is 0 Å². The van der Waals surface area contributed by atoms with Crippen molar-refractivity contribution in [1.29, 1.82) is 0 Å². The molecule has 0 aliphatic rings. The van der Waals surface area contributed by atoms with Crippen molar-refractivity contribution in [3.63, 3.8) is 0 Å². The topological polar surface area (TPSA) is 0 Å². The molecule has 0 aliphatic carbocycles. The minimum absolute atomic E-state index is 0. The number of hydrogen-bond acceptors (Lipinski definition) is 0. The number of hydrogen-bond donors (Lipinski definition) is 0. The normalized spacial score (nSPS) is 0. The summed E-state index contributed by atoms with van der Waals surface area (Å²) < 4.78 is 0. The monoisotopic (exact) mass is 280 g/mol. The molecule has 0 aromatic heterocycles. The summed E-state index contributed by atoms with van der Waals surface area (Å²) in [6, 6.07) is 0. The molecule has 0 heterocycles. The first-order valence-corrected chi connectivity index (χ1v) is 0.